The fraction of sp³-hybridized carbons (Fsp3) is 0.368. The van der Waals surface area contributed by atoms with Crippen LogP contribution < -0.4 is 4.31 Å². The Balaban J connectivity index is 2.44. The maximum absolute atomic E-state index is 13.4. The van der Waals surface area contributed by atoms with Gasteiger partial charge >= 0.3 is 5.97 Å². The van der Waals surface area contributed by atoms with Crippen LogP contribution in [0.25, 0.3) is 11.1 Å². The number of carbonyl (C=O) groups excluding carboxylic acids is 1. The average molecular weight is 392 g/mol. The summed E-state index contributed by atoms with van der Waals surface area (Å²) in [5.74, 6) is -0.887. The highest BCUT2D eigenvalue weighted by Crippen LogP contribution is 2.40. The second kappa shape index (κ2) is 6.92. The molecule has 0 saturated heterocycles. The second-order valence-electron chi connectivity index (χ2n) is 6.74. The summed E-state index contributed by atoms with van der Waals surface area (Å²) in [4.78, 5) is 17.2. The standard InChI is InChI=1S/C19H21FN2O4S/c1-11(2)17-16(19(23)26-4)15(12-5-7-13(20)8-6-12)14-9-10-27(24,25)22(3)18(14)21-17/h5-8,11H,9-10H2,1-4H3. The Bertz CT molecular complexity index is 1000. The van der Waals surface area contributed by atoms with E-state index in [2.05, 4.69) is 4.98 Å². The van der Waals surface area contributed by atoms with Crippen LogP contribution in [-0.4, -0.2) is 39.3 Å². The molecule has 0 N–H and O–H groups in total. The molecule has 0 spiro atoms. The summed E-state index contributed by atoms with van der Waals surface area (Å²) in [6.07, 6.45) is 0.212. The van der Waals surface area contributed by atoms with Gasteiger partial charge in [0.15, 0.2) is 0 Å². The van der Waals surface area contributed by atoms with Gasteiger partial charge in [-0.15, -0.1) is 0 Å². The average Bonchev–Trinajstić information content (AvgIpc) is 2.63. The Hall–Kier alpha value is -2.48. The van der Waals surface area contributed by atoms with Gasteiger partial charge < -0.3 is 4.74 Å². The van der Waals surface area contributed by atoms with E-state index in [1.807, 2.05) is 13.8 Å². The number of hydrogen-bond acceptors (Lipinski definition) is 5. The number of aromatic nitrogens is 1. The van der Waals surface area contributed by atoms with Crippen molar-refractivity contribution in [2.75, 3.05) is 24.2 Å². The van der Waals surface area contributed by atoms with Crippen molar-refractivity contribution in [3.05, 3.63) is 46.9 Å². The number of benzene rings is 1. The first kappa shape index (κ1) is 19.3. The summed E-state index contributed by atoms with van der Waals surface area (Å²) in [7, 11) is -0.723. The van der Waals surface area contributed by atoms with Crippen LogP contribution in [0.3, 0.4) is 0 Å². The number of sulfonamides is 1. The van der Waals surface area contributed by atoms with Crippen LogP contribution in [0.5, 0.6) is 0 Å². The van der Waals surface area contributed by atoms with Gasteiger partial charge in [-0.05, 0) is 30.0 Å². The van der Waals surface area contributed by atoms with E-state index in [1.165, 1.54) is 26.3 Å². The molecule has 2 heterocycles. The minimum absolute atomic E-state index is 0.0893. The van der Waals surface area contributed by atoms with Crippen LogP contribution in [-0.2, 0) is 21.2 Å². The van der Waals surface area contributed by atoms with E-state index in [1.54, 1.807) is 12.1 Å². The molecule has 0 fully saturated rings. The van der Waals surface area contributed by atoms with Crippen LogP contribution >= 0.6 is 0 Å². The van der Waals surface area contributed by atoms with Gasteiger partial charge in [-0.2, -0.15) is 0 Å². The molecule has 0 atom stereocenters. The fourth-order valence-corrected chi connectivity index (χ4v) is 4.44. The van der Waals surface area contributed by atoms with Crippen LogP contribution in [0, 0.1) is 5.82 Å². The summed E-state index contributed by atoms with van der Waals surface area (Å²) in [6, 6.07) is 5.76. The highest BCUT2D eigenvalue weighted by atomic mass is 32.2. The molecule has 0 amide bonds. The summed E-state index contributed by atoms with van der Waals surface area (Å²) >= 11 is 0. The second-order valence-corrected chi connectivity index (χ2v) is 8.86. The van der Waals surface area contributed by atoms with E-state index in [0.717, 1.165) is 4.31 Å². The van der Waals surface area contributed by atoms with Gasteiger partial charge in [-0.1, -0.05) is 26.0 Å². The number of esters is 1. The third-order valence-electron chi connectivity index (χ3n) is 4.70. The largest absolute Gasteiger partial charge is 0.465 e. The SMILES string of the molecule is COC(=O)c1c(C(C)C)nc2c(c1-c1ccc(F)cc1)CCS(=O)(=O)N2C. The molecule has 0 bridgehead atoms. The van der Waals surface area contributed by atoms with E-state index >= 15 is 0 Å². The van der Waals surface area contributed by atoms with Gasteiger partial charge in [0.1, 0.15) is 11.6 Å². The highest BCUT2D eigenvalue weighted by Gasteiger charge is 2.34. The number of nitrogens with zero attached hydrogens (tertiary/aromatic N) is 2. The predicted octanol–water partition coefficient (Wildman–Crippen LogP) is 3.12. The Kier molecular flexibility index (Phi) is 4.94. The number of ether oxygens (including phenoxy) is 1. The first-order valence-electron chi connectivity index (χ1n) is 8.55. The molecule has 0 radical (unpaired) electrons. The third-order valence-corrected chi connectivity index (χ3v) is 6.43. The van der Waals surface area contributed by atoms with Crippen LogP contribution in [0.1, 0.15) is 41.4 Å². The lowest BCUT2D eigenvalue weighted by atomic mass is 9.89. The number of carbonyl (C=O) groups is 1. The summed E-state index contributed by atoms with van der Waals surface area (Å²) < 4.78 is 44.3. The predicted molar refractivity (Wildman–Crippen MR) is 101 cm³/mol. The van der Waals surface area contributed by atoms with E-state index in [-0.39, 0.29) is 18.1 Å². The molecule has 1 aliphatic heterocycles. The lowest BCUT2D eigenvalue weighted by Gasteiger charge is -2.30. The molecule has 0 aliphatic carbocycles. The van der Waals surface area contributed by atoms with E-state index in [0.29, 0.717) is 33.8 Å². The van der Waals surface area contributed by atoms with Crippen molar-refractivity contribution >= 4 is 21.8 Å². The maximum atomic E-state index is 13.4. The smallest absolute Gasteiger partial charge is 0.340 e. The number of hydrogen-bond donors (Lipinski definition) is 0. The lowest BCUT2D eigenvalue weighted by Crippen LogP contribution is -2.36. The van der Waals surface area contributed by atoms with Gasteiger partial charge in [0.25, 0.3) is 0 Å². The quantitative estimate of drug-likeness (QED) is 0.750. The Labute approximate surface area is 158 Å². The van der Waals surface area contributed by atoms with Crippen molar-refractivity contribution in [2.24, 2.45) is 0 Å². The Morgan fingerprint density at radius 3 is 2.44 bits per heavy atom. The van der Waals surface area contributed by atoms with E-state index in [9.17, 15) is 17.6 Å². The molecule has 2 aromatic rings. The third kappa shape index (κ3) is 3.29. The van der Waals surface area contributed by atoms with Crippen molar-refractivity contribution in [2.45, 2.75) is 26.2 Å². The summed E-state index contributed by atoms with van der Waals surface area (Å²) in [6.45, 7) is 3.74. The van der Waals surface area contributed by atoms with Crippen molar-refractivity contribution in [1.82, 2.24) is 4.98 Å². The van der Waals surface area contributed by atoms with Crippen molar-refractivity contribution in [1.29, 1.82) is 0 Å². The number of pyridine rings is 1. The maximum Gasteiger partial charge on any atom is 0.340 e. The van der Waals surface area contributed by atoms with E-state index in [4.69, 9.17) is 4.74 Å². The molecule has 1 aliphatic rings. The number of halogens is 1. The van der Waals surface area contributed by atoms with E-state index < -0.39 is 21.8 Å². The molecular weight excluding hydrogens is 371 g/mol. The molecular formula is C19H21FN2O4S. The number of fused-ring (bicyclic) bond motifs is 1. The molecule has 27 heavy (non-hydrogen) atoms. The van der Waals surface area contributed by atoms with Crippen molar-refractivity contribution < 1.29 is 22.3 Å². The van der Waals surface area contributed by atoms with Crippen molar-refractivity contribution in [3.63, 3.8) is 0 Å². The first-order valence-corrected chi connectivity index (χ1v) is 10.2. The number of methoxy groups -OCH3 is 1. The zero-order chi connectivity index (χ0) is 19.9. The molecule has 1 aromatic carbocycles. The molecule has 8 heteroatoms. The van der Waals surface area contributed by atoms with Gasteiger partial charge in [-0.3, -0.25) is 4.31 Å². The highest BCUT2D eigenvalue weighted by molar-refractivity contribution is 7.92. The molecule has 6 nitrogen and oxygen atoms in total. The minimum Gasteiger partial charge on any atom is -0.465 e. The zero-order valence-electron chi connectivity index (χ0n) is 15.6. The van der Waals surface area contributed by atoms with Crippen molar-refractivity contribution in [3.8, 4) is 11.1 Å². The molecule has 0 saturated carbocycles. The van der Waals surface area contributed by atoms with Crippen LogP contribution in [0.15, 0.2) is 24.3 Å². The van der Waals surface area contributed by atoms with Crippen LogP contribution in [0.2, 0.25) is 0 Å². The minimum atomic E-state index is -3.47. The molecule has 3 rings (SSSR count). The zero-order valence-corrected chi connectivity index (χ0v) is 16.4. The molecule has 1 aromatic heterocycles. The fourth-order valence-electron chi connectivity index (χ4n) is 3.29. The first-order chi connectivity index (χ1) is 12.7. The lowest BCUT2D eigenvalue weighted by molar-refractivity contribution is 0.0599. The number of rotatable bonds is 3. The van der Waals surface area contributed by atoms with Gasteiger partial charge in [-0.25, -0.2) is 22.6 Å². The monoisotopic (exact) mass is 392 g/mol. The van der Waals surface area contributed by atoms with Gasteiger partial charge in [0.2, 0.25) is 10.0 Å². The summed E-state index contributed by atoms with van der Waals surface area (Å²) in [5, 5.41) is 0. The molecule has 144 valence electrons. The molecule has 0 unspecified atom stereocenters. The summed E-state index contributed by atoms with van der Waals surface area (Å²) in [5.41, 5.74) is 2.56. The Morgan fingerprint density at radius 1 is 1.26 bits per heavy atom. The Morgan fingerprint density at radius 2 is 1.89 bits per heavy atom. The van der Waals surface area contributed by atoms with Crippen LogP contribution in [0.4, 0.5) is 10.2 Å². The normalized spacial score (nSPS) is 15.6. The topological polar surface area (TPSA) is 76.6 Å². The van der Waals surface area contributed by atoms with Gasteiger partial charge in [0, 0.05) is 18.2 Å². The van der Waals surface area contributed by atoms with Gasteiger partial charge in [0.05, 0.1) is 24.1 Å². The number of anilines is 1.